The molecule has 0 aliphatic carbocycles. The fourth-order valence-corrected chi connectivity index (χ4v) is 2.65. The number of nitriles is 1. The maximum Gasteiger partial charge on any atom is 0.251 e. The predicted octanol–water partition coefficient (Wildman–Crippen LogP) is 4.36. The Kier molecular flexibility index (Phi) is 7.45. The van der Waals surface area contributed by atoms with Crippen molar-refractivity contribution in [3.8, 4) is 17.6 Å². The number of carbonyl (C=O) groups excluding carboxylic acids is 1. The highest BCUT2D eigenvalue weighted by atomic mass is 16.5. The Balaban J connectivity index is 2.24. The summed E-state index contributed by atoms with van der Waals surface area (Å²) in [6, 6.07) is 15.2. The van der Waals surface area contributed by atoms with Crippen molar-refractivity contribution >= 4 is 17.7 Å². The number of nitrogens with zero attached hydrogens (tertiary/aromatic N) is 2. The lowest BCUT2D eigenvalue weighted by Gasteiger charge is -2.20. The molecule has 0 saturated heterocycles. The van der Waals surface area contributed by atoms with Crippen molar-refractivity contribution in [2.24, 2.45) is 0 Å². The summed E-state index contributed by atoms with van der Waals surface area (Å²) in [6.07, 6.45) is 3.49. The van der Waals surface area contributed by atoms with Crippen molar-refractivity contribution in [1.29, 1.82) is 5.26 Å². The molecule has 0 atom stereocenters. The highest BCUT2D eigenvalue weighted by Gasteiger charge is 2.13. The van der Waals surface area contributed by atoms with Crippen molar-refractivity contribution in [2.75, 3.05) is 25.2 Å². The summed E-state index contributed by atoms with van der Waals surface area (Å²) < 4.78 is 10.8. The predicted molar refractivity (Wildman–Crippen MR) is 107 cm³/mol. The minimum atomic E-state index is -0.196. The van der Waals surface area contributed by atoms with E-state index in [1.165, 1.54) is 6.08 Å². The first-order valence-electron chi connectivity index (χ1n) is 8.83. The number of hydrogen-bond acceptors (Lipinski definition) is 4. The average molecular weight is 364 g/mol. The van der Waals surface area contributed by atoms with Gasteiger partial charge in [-0.3, -0.25) is 4.79 Å². The smallest absolute Gasteiger partial charge is 0.251 e. The highest BCUT2D eigenvalue weighted by Crippen LogP contribution is 2.23. The summed E-state index contributed by atoms with van der Waals surface area (Å²) in [5.41, 5.74) is 2.63. The zero-order valence-corrected chi connectivity index (χ0v) is 15.9. The summed E-state index contributed by atoms with van der Waals surface area (Å²) in [6.45, 7) is 4.80. The van der Waals surface area contributed by atoms with Crippen molar-refractivity contribution < 1.29 is 14.3 Å². The minimum absolute atomic E-state index is 0.196. The quantitative estimate of drug-likeness (QED) is 0.653. The Morgan fingerprint density at radius 1 is 1.22 bits per heavy atom. The summed E-state index contributed by atoms with van der Waals surface area (Å²) in [5.74, 6) is 1.25. The Bertz CT molecular complexity index is 836. The maximum absolute atomic E-state index is 12.8. The van der Waals surface area contributed by atoms with E-state index in [0.717, 1.165) is 22.6 Å². The standard InChI is InChI=1S/C22H24N2O3/c1-4-27-20-10-8-19(9-11-20)24(15-5-14-23)22(25)13-7-18-16-17(2)6-12-21(18)26-3/h6-13,16H,4-5,15H2,1-3H3/b13-7+. The molecule has 2 aromatic carbocycles. The number of amides is 1. The second-order valence-electron chi connectivity index (χ2n) is 5.90. The molecule has 0 saturated carbocycles. The van der Waals surface area contributed by atoms with Crippen LogP contribution in [0.25, 0.3) is 6.08 Å². The largest absolute Gasteiger partial charge is 0.496 e. The van der Waals surface area contributed by atoms with E-state index >= 15 is 0 Å². The van der Waals surface area contributed by atoms with E-state index in [9.17, 15) is 4.79 Å². The van der Waals surface area contributed by atoms with E-state index in [-0.39, 0.29) is 12.3 Å². The van der Waals surface area contributed by atoms with Crippen molar-refractivity contribution in [1.82, 2.24) is 0 Å². The van der Waals surface area contributed by atoms with Gasteiger partial charge in [0.25, 0.3) is 5.91 Å². The number of methoxy groups -OCH3 is 1. The third-order valence-electron chi connectivity index (χ3n) is 3.96. The Hall–Kier alpha value is -3.26. The first-order valence-corrected chi connectivity index (χ1v) is 8.83. The van der Waals surface area contributed by atoms with Crippen LogP contribution in [0.15, 0.2) is 48.5 Å². The number of anilines is 1. The lowest BCUT2D eigenvalue weighted by atomic mass is 10.1. The first-order chi connectivity index (χ1) is 13.1. The molecular weight excluding hydrogens is 340 g/mol. The van der Waals surface area contributed by atoms with Crippen LogP contribution in [0.2, 0.25) is 0 Å². The third-order valence-corrected chi connectivity index (χ3v) is 3.96. The molecule has 140 valence electrons. The van der Waals surface area contributed by atoms with Crippen LogP contribution in [0.3, 0.4) is 0 Å². The van der Waals surface area contributed by atoms with Crippen LogP contribution in [-0.2, 0) is 4.79 Å². The summed E-state index contributed by atoms with van der Waals surface area (Å²) in [5, 5.41) is 8.92. The molecule has 0 radical (unpaired) electrons. The molecule has 0 fully saturated rings. The molecule has 2 rings (SSSR count). The fraction of sp³-hybridized carbons (Fsp3) is 0.273. The number of carbonyl (C=O) groups is 1. The van der Waals surface area contributed by atoms with E-state index in [2.05, 4.69) is 6.07 Å². The van der Waals surface area contributed by atoms with Gasteiger partial charge in [0, 0.05) is 23.9 Å². The minimum Gasteiger partial charge on any atom is -0.496 e. The summed E-state index contributed by atoms with van der Waals surface area (Å²) in [4.78, 5) is 14.4. The summed E-state index contributed by atoms with van der Waals surface area (Å²) in [7, 11) is 1.60. The fourth-order valence-electron chi connectivity index (χ4n) is 2.65. The molecule has 27 heavy (non-hydrogen) atoms. The van der Waals surface area contributed by atoms with Crippen molar-refractivity contribution in [3.63, 3.8) is 0 Å². The SMILES string of the molecule is CCOc1ccc(N(CCC#N)C(=O)/C=C/c2cc(C)ccc2OC)cc1. The number of benzene rings is 2. The van der Waals surface area contributed by atoms with Gasteiger partial charge < -0.3 is 14.4 Å². The molecule has 2 aromatic rings. The molecule has 0 bridgehead atoms. The van der Waals surface area contributed by atoms with Gasteiger partial charge in [-0.1, -0.05) is 11.6 Å². The normalized spacial score (nSPS) is 10.4. The van der Waals surface area contributed by atoms with E-state index in [1.54, 1.807) is 18.1 Å². The number of aryl methyl sites for hydroxylation is 1. The Morgan fingerprint density at radius 3 is 2.59 bits per heavy atom. The van der Waals surface area contributed by atoms with Gasteiger partial charge in [0.05, 0.1) is 26.2 Å². The first kappa shape index (κ1) is 20.1. The van der Waals surface area contributed by atoms with Crippen LogP contribution >= 0.6 is 0 Å². The van der Waals surface area contributed by atoms with E-state index in [4.69, 9.17) is 14.7 Å². The van der Waals surface area contributed by atoms with Crippen LogP contribution in [-0.4, -0.2) is 26.2 Å². The van der Waals surface area contributed by atoms with Gasteiger partial charge in [-0.15, -0.1) is 0 Å². The Labute approximate surface area is 160 Å². The number of hydrogen-bond donors (Lipinski definition) is 0. The molecular formula is C22H24N2O3. The maximum atomic E-state index is 12.8. The molecule has 0 N–H and O–H groups in total. The average Bonchev–Trinajstić information content (AvgIpc) is 2.68. The molecule has 5 heteroatoms. The molecule has 1 amide bonds. The zero-order chi connectivity index (χ0) is 19.6. The van der Waals surface area contributed by atoms with Gasteiger partial charge in [0.15, 0.2) is 0 Å². The van der Waals surface area contributed by atoms with Gasteiger partial charge in [0.2, 0.25) is 0 Å². The molecule has 0 aliphatic heterocycles. The van der Waals surface area contributed by atoms with E-state index < -0.39 is 0 Å². The Morgan fingerprint density at radius 2 is 1.96 bits per heavy atom. The van der Waals surface area contributed by atoms with Gasteiger partial charge in [-0.25, -0.2) is 0 Å². The highest BCUT2D eigenvalue weighted by molar-refractivity contribution is 6.04. The molecule has 0 aromatic heterocycles. The third kappa shape index (κ3) is 5.61. The molecule has 5 nitrogen and oxygen atoms in total. The van der Waals surface area contributed by atoms with Crippen molar-refractivity contribution in [2.45, 2.75) is 20.3 Å². The van der Waals surface area contributed by atoms with E-state index in [1.807, 2.05) is 56.3 Å². The molecule has 0 unspecified atom stereocenters. The van der Waals surface area contributed by atoms with Crippen LogP contribution in [0.4, 0.5) is 5.69 Å². The lowest BCUT2D eigenvalue weighted by molar-refractivity contribution is -0.114. The number of ether oxygens (including phenoxy) is 2. The van der Waals surface area contributed by atoms with Gasteiger partial charge >= 0.3 is 0 Å². The summed E-state index contributed by atoms with van der Waals surface area (Å²) >= 11 is 0. The molecule has 0 aliphatic rings. The van der Waals surface area contributed by atoms with Crippen LogP contribution in [0.1, 0.15) is 24.5 Å². The number of rotatable bonds is 8. The molecule has 0 spiro atoms. The monoisotopic (exact) mass is 364 g/mol. The van der Waals surface area contributed by atoms with Gasteiger partial charge in [0.1, 0.15) is 11.5 Å². The van der Waals surface area contributed by atoms with Gasteiger partial charge in [-0.05, 0) is 56.3 Å². The zero-order valence-electron chi connectivity index (χ0n) is 15.9. The van der Waals surface area contributed by atoms with Crippen LogP contribution in [0, 0.1) is 18.3 Å². The van der Waals surface area contributed by atoms with E-state index in [0.29, 0.717) is 18.9 Å². The lowest BCUT2D eigenvalue weighted by Crippen LogP contribution is -2.30. The second kappa shape index (κ2) is 10.0. The van der Waals surface area contributed by atoms with Gasteiger partial charge in [-0.2, -0.15) is 5.26 Å². The molecule has 0 heterocycles. The second-order valence-corrected chi connectivity index (χ2v) is 5.90. The van der Waals surface area contributed by atoms with Crippen molar-refractivity contribution in [3.05, 3.63) is 59.7 Å². The van der Waals surface area contributed by atoms with Crippen LogP contribution in [0.5, 0.6) is 11.5 Å². The van der Waals surface area contributed by atoms with Crippen LogP contribution < -0.4 is 14.4 Å². The topological polar surface area (TPSA) is 62.6 Å².